The molecule has 3 aromatic rings. The minimum Gasteiger partial charge on any atom is -0.484 e. The lowest BCUT2D eigenvalue weighted by molar-refractivity contribution is -0.132. The topological polar surface area (TPSA) is 77.6 Å². The molecule has 0 unspecified atom stereocenters. The smallest absolute Gasteiger partial charge is 0.336 e. The predicted molar refractivity (Wildman–Crippen MR) is 87.9 cm³/mol. The lowest BCUT2D eigenvalue weighted by atomic mass is 10.2. The second kappa shape index (κ2) is 7.34. The second-order valence-corrected chi connectivity index (χ2v) is 5.52. The van der Waals surface area contributed by atoms with Gasteiger partial charge in [0, 0.05) is 37.0 Å². The number of likely N-dealkylation sites (N-methyl/N-ethyl adjacent to an activating group) is 1. The normalized spacial score (nSPS) is 11.1. The molecule has 0 bridgehead atoms. The van der Waals surface area contributed by atoms with Gasteiger partial charge in [0.1, 0.15) is 17.2 Å². The van der Waals surface area contributed by atoms with Crippen LogP contribution in [0.3, 0.4) is 0 Å². The van der Waals surface area contributed by atoms with Gasteiger partial charge in [-0.2, -0.15) is 8.78 Å². The van der Waals surface area contributed by atoms with Crippen molar-refractivity contribution in [1.29, 1.82) is 0 Å². The van der Waals surface area contributed by atoms with Crippen molar-refractivity contribution in [2.45, 2.75) is 13.1 Å². The summed E-state index contributed by atoms with van der Waals surface area (Å²) in [7, 11) is 1.47. The Bertz CT molecular complexity index is 983. The van der Waals surface area contributed by atoms with Crippen molar-refractivity contribution in [3.8, 4) is 5.75 Å². The number of hydrogen-bond donors (Lipinski definition) is 0. The Balaban J connectivity index is 1.62. The summed E-state index contributed by atoms with van der Waals surface area (Å²) in [5.41, 5.74) is -0.144. The summed E-state index contributed by atoms with van der Waals surface area (Å²) >= 11 is 0. The molecular weight excluding hydrogens is 348 g/mol. The van der Waals surface area contributed by atoms with E-state index < -0.39 is 18.1 Å². The number of benzene rings is 1. The third-order valence-corrected chi connectivity index (χ3v) is 3.72. The first-order valence-corrected chi connectivity index (χ1v) is 7.64. The number of rotatable bonds is 6. The van der Waals surface area contributed by atoms with E-state index in [0.29, 0.717) is 15.9 Å². The summed E-state index contributed by atoms with van der Waals surface area (Å²) in [6.07, 6.45) is 2.40. The average Bonchev–Trinajstić information content (AvgIpc) is 3.07. The number of amides is 1. The average molecular weight is 363 g/mol. The van der Waals surface area contributed by atoms with E-state index in [2.05, 4.69) is 4.98 Å². The number of imidazole rings is 1. The van der Waals surface area contributed by atoms with Gasteiger partial charge >= 0.3 is 12.2 Å². The maximum Gasteiger partial charge on any atom is 0.336 e. The first-order valence-electron chi connectivity index (χ1n) is 7.64. The van der Waals surface area contributed by atoms with E-state index in [4.69, 9.17) is 9.15 Å². The van der Waals surface area contributed by atoms with E-state index in [1.807, 2.05) is 0 Å². The van der Waals surface area contributed by atoms with Crippen molar-refractivity contribution >= 4 is 16.9 Å². The summed E-state index contributed by atoms with van der Waals surface area (Å²) in [5.74, 6) is 0.00874. The van der Waals surface area contributed by atoms with Gasteiger partial charge in [-0.15, -0.1) is 0 Å². The fourth-order valence-electron chi connectivity index (χ4n) is 2.33. The van der Waals surface area contributed by atoms with Gasteiger partial charge in [0.05, 0.1) is 6.54 Å². The van der Waals surface area contributed by atoms with Gasteiger partial charge in [-0.05, 0) is 18.2 Å². The summed E-state index contributed by atoms with van der Waals surface area (Å²) in [4.78, 5) is 28.5. The number of hydrogen-bond acceptors (Lipinski definition) is 5. The maximum absolute atomic E-state index is 12.8. The minimum absolute atomic E-state index is 0.0725. The zero-order valence-electron chi connectivity index (χ0n) is 13.8. The first kappa shape index (κ1) is 17.6. The zero-order chi connectivity index (χ0) is 18.7. The van der Waals surface area contributed by atoms with Crippen molar-refractivity contribution in [2.75, 3.05) is 13.7 Å². The van der Waals surface area contributed by atoms with Crippen molar-refractivity contribution < 1.29 is 22.7 Å². The molecule has 9 heteroatoms. The van der Waals surface area contributed by atoms with Crippen LogP contribution in [-0.4, -0.2) is 34.0 Å². The maximum atomic E-state index is 12.8. The molecule has 1 aromatic carbocycles. The molecule has 0 saturated heterocycles. The van der Waals surface area contributed by atoms with E-state index >= 15 is 0 Å². The van der Waals surface area contributed by atoms with Crippen LogP contribution >= 0.6 is 0 Å². The molecule has 2 heterocycles. The largest absolute Gasteiger partial charge is 0.484 e. The fraction of sp³-hybridized carbons (Fsp3) is 0.235. The number of alkyl halides is 2. The molecule has 0 fully saturated rings. The molecule has 0 aliphatic rings. The van der Waals surface area contributed by atoms with Crippen molar-refractivity contribution in [1.82, 2.24) is 14.5 Å². The SMILES string of the molecule is CN(Cc1nccn1C(F)F)C(=O)COc1ccc2ccc(=O)oc2c1. The van der Waals surface area contributed by atoms with Crippen molar-refractivity contribution in [3.05, 3.63) is 59.0 Å². The molecule has 26 heavy (non-hydrogen) atoms. The Morgan fingerprint density at radius 3 is 2.88 bits per heavy atom. The van der Waals surface area contributed by atoms with E-state index in [0.717, 1.165) is 11.6 Å². The quantitative estimate of drug-likeness (QED) is 0.629. The molecule has 1 amide bonds. The van der Waals surface area contributed by atoms with Crippen LogP contribution < -0.4 is 10.4 Å². The third kappa shape index (κ3) is 3.88. The van der Waals surface area contributed by atoms with Crippen LogP contribution in [0.15, 0.2) is 51.9 Å². The standard InChI is InChI=1S/C17H15F2N3O4/c1-21(9-14-20-6-7-22(14)17(18)19)15(23)10-25-12-4-2-11-3-5-16(24)26-13(11)8-12/h2-8,17H,9-10H2,1H3. The number of aromatic nitrogens is 2. The number of halogens is 2. The number of carbonyl (C=O) groups is 1. The van der Waals surface area contributed by atoms with Crippen LogP contribution in [0.25, 0.3) is 11.0 Å². The fourth-order valence-corrected chi connectivity index (χ4v) is 2.33. The van der Waals surface area contributed by atoms with Gasteiger partial charge in [0.15, 0.2) is 6.61 Å². The minimum atomic E-state index is -2.72. The highest BCUT2D eigenvalue weighted by molar-refractivity contribution is 5.79. The second-order valence-electron chi connectivity index (χ2n) is 5.52. The van der Waals surface area contributed by atoms with Gasteiger partial charge in [-0.25, -0.2) is 9.78 Å². The number of ether oxygens (including phenoxy) is 1. The van der Waals surface area contributed by atoms with Crippen LogP contribution in [0.2, 0.25) is 0 Å². The Morgan fingerprint density at radius 1 is 1.35 bits per heavy atom. The van der Waals surface area contributed by atoms with E-state index in [-0.39, 0.29) is 19.0 Å². The number of carbonyl (C=O) groups excluding carboxylic acids is 1. The lowest BCUT2D eigenvalue weighted by Gasteiger charge is -2.18. The van der Waals surface area contributed by atoms with E-state index in [1.165, 1.54) is 30.3 Å². The molecule has 0 atom stereocenters. The molecule has 2 aromatic heterocycles. The number of fused-ring (bicyclic) bond motifs is 1. The van der Waals surface area contributed by atoms with Crippen LogP contribution in [0.4, 0.5) is 8.78 Å². The molecule has 3 rings (SSSR count). The Morgan fingerprint density at radius 2 is 2.12 bits per heavy atom. The molecular formula is C17H15F2N3O4. The molecule has 0 N–H and O–H groups in total. The van der Waals surface area contributed by atoms with Gasteiger partial charge in [0.2, 0.25) is 0 Å². The molecule has 136 valence electrons. The molecule has 0 saturated carbocycles. The summed E-state index contributed by atoms with van der Waals surface area (Å²) < 4.78 is 36.7. The van der Waals surface area contributed by atoms with Crippen LogP contribution in [0.5, 0.6) is 5.75 Å². The number of nitrogens with zero attached hydrogens (tertiary/aromatic N) is 3. The van der Waals surface area contributed by atoms with E-state index in [9.17, 15) is 18.4 Å². The Kier molecular flexibility index (Phi) is 4.97. The summed E-state index contributed by atoms with van der Waals surface area (Å²) in [6.45, 7) is -3.10. The highest BCUT2D eigenvalue weighted by atomic mass is 19.3. The molecule has 0 aliphatic carbocycles. The van der Waals surface area contributed by atoms with Crippen molar-refractivity contribution in [3.63, 3.8) is 0 Å². The molecule has 0 radical (unpaired) electrons. The Hall–Kier alpha value is -3.23. The highest BCUT2D eigenvalue weighted by Gasteiger charge is 2.16. The monoisotopic (exact) mass is 363 g/mol. The van der Waals surface area contributed by atoms with Crippen LogP contribution in [0.1, 0.15) is 12.4 Å². The molecule has 7 nitrogen and oxygen atoms in total. The summed E-state index contributed by atoms with van der Waals surface area (Å²) in [5, 5.41) is 0.722. The van der Waals surface area contributed by atoms with Gasteiger partial charge < -0.3 is 14.1 Å². The van der Waals surface area contributed by atoms with Gasteiger partial charge in [-0.3, -0.25) is 9.36 Å². The summed E-state index contributed by atoms with van der Waals surface area (Å²) in [6, 6.07) is 7.77. The highest BCUT2D eigenvalue weighted by Crippen LogP contribution is 2.19. The predicted octanol–water partition coefficient (Wildman–Crippen LogP) is 2.42. The van der Waals surface area contributed by atoms with E-state index in [1.54, 1.807) is 18.2 Å². The Labute approximate surface area is 146 Å². The van der Waals surface area contributed by atoms with Crippen LogP contribution in [-0.2, 0) is 11.3 Å². The van der Waals surface area contributed by atoms with Gasteiger partial charge in [-0.1, -0.05) is 0 Å². The first-order chi connectivity index (χ1) is 12.4. The molecule has 0 aliphatic heterocycles. The third-order valence-electron chi connectivity index (χ3n) is 3.72. The van der Waals surface area contributed by atoms with Crippen molar-refractivity contribution in [2.24, 2.45) is 0 Å². The lowest BCUT2D eigenvalue weighted by Crippen LogP contribution is -2.32. The molecule has 0 spiro atoms. The zero-order valence-corrected chi connectivity index (χ0v) is 13.8. The van der Waals surface area contributed by atoms with Gasteiger partial charge in [0.25, 0.3) is 5.91 Å². The van der Waals surface area contributed by atoms with Crippen LogP contribution in [0, 0.1) is 0 Å².